The van der Waals surface area contributed by atoms with Gasteiger partial charge in [-0.25, -0.2) is 4.98 Å². The molecule has 0 N–H and O–H groups in total. The monoisotopic (exact) mass is 301 g/mol. The first-order chi connectivity index (χ1) is 10.1. The van der Waals surface area contributed by atoms with E-state index in [2.05, 4.69) is 48.9 Å². The molecule has 2 aliphatic rings. The number of aromatic nitrogens is 1. The Morgan fingerprint density at radius 2 is 1.86 bits per heavy atom. The lowest BCUT2D eigenvalue weighted by atomic mass is 10.0. The zero-order valence-electron chi connectivity index (χ0n) is 13.0. The normalized spacial score (nSPS) is 26.2. The Labute approximate surface area is 130 Å². The van der Waals surface area contributed by atoms with Gasteiger partial charge in [0.1, 0.15) is 0 Å². The van der Waals surface area contributed by atoms with Crippen LogP contribution in [0.25, 0.3) is 10.2 Å². The van der Waals surface area contributed by atoms with E-state index >= 15 is 0 Å². The van der Waals surface area contributed by atoms with Gasteiger partial charge in [0, 0.05) is 26.2 Å². The van der Waals surface area contributed by atoms with Gasteiger partial charge < -0.3 is 9.80 Å². The molecule has 0 amide bonds. The second kappa shape index (κ2) is 4.96. The summed E-state index contributed by atoms with van der Waals surface area (Å²) in [5, 5.41) is 1.23. The first-order valence-corrected chi connectivity index (χ1v) is 8.76. The average molecular weight is 301 g/mol. The minimum Gasteiger partial charge on any atom is -0.347 e. The van der Waals surface area contributed by atoms with Gasteiger partial charge in [-0.3, -0.25) is 0 Å². The lowest BCUT2D eigenvalue weighted by Gasteiger charge is -2.18. The number of thiazole rings is 1. The number of hydrogen-bond donors (Lipinski definition) is 0. The molecule has 4 rings (SSSR count). The highest BCUT2D eigenvalue weighted by Gasteiger charge is 2.39. The maximum absolute atomic E-state index is 4.99. The number of anilines is 1. The van der Waals surface area contributed by atoms with Gasteiger partial charge in [-0.1, -0.05) is 37.3 Å². The van der Waals surface area contributed by atoms with E-state index in [1.807, 2.05) is 11.3 Å². The van der Waals surface area contributed by atoms with Crippen molar-refractivity contribution in [2.45, 2.75) is 19.8 Å². The van der Waals surface area contributed by atoms with Crippen LogP contribution in [0.3, 0.4) is 0 Å². The molecule has 21 heavy (non-hydrogen) atoms. The van der Waals surface area contributed by atoms with Crippen LogP contribution >= 0.6 is 11.3 Å². The number of likely N-dealkylation sites (tertiary alicyclic amines) is 1. The van der Waals surface area contributed by atoms with Crippen molar-refractivity contribution in [3.8, 4) is 0 Å². The predicted octanol–water partition coefficient (Wildman–Crippen LogP) is 3.42. The summed E-state index contributed by atoms with van der Waals surface area (Å²) in [6, 6.07) is 6.62. The standard InChI is InChI=1S/C17H23N3S/c1-11(2)14-5-4-6-15-16(14)18-17(21-15)20-9-12-7-19(3)8-13(12)10-20/h4-6,11-13H,7-10H2,1-3H3. The third kappa shape index (κ3) is 2.25. The molecule has 3 heterocycles. The number of benzene rings is 1. The molecule has 0 saturated carbocycles. The van der Waals surface area contributed by atoms with E-state index in [4.69, 9.17) is 4.98 Å². The van der Waals surface area contributed by atoms with E-state index < -0.39 is 0 Å². The Morgan fingerprint density at radius 3 is 2.52 bits per heavy atom. The highest BCUT2D eigenvalue weighted by molar-refractivity contribution is 7.22. The quantitative estimate of drug-likeness (QED) is 0.847. The largest absolute Gasteiger partial charge is 0.347 e. The van der Waals surface area contributed by atoms with E-state index in [9.17, 15) is 0 Å². The Hall–Kier alpha value is -1.13. The van der Waals surface area contributed by atoms with Gasteiger partial charge in [-0.15, -0.1) is 0 Å². The van der Waals surface area contributed by atoms with E-state index in [1.54, 1.807) is 0 Å². The second-order valence-electron chi connectivity index (χ2n) is 6.99. The zero-order valence-corrected chi connectivity index (χ0v) is 13.9. The molecule has 0 aliphatic carbocycles. The van der Waals surface area contributed by atoms with Gasteiger partial charge in [0.05, 0.1) is 10.2 Å². The van der Waals surface area contributed by atoms with Crippen LogP contribution in [0.4, 0.5) is 5.13 Å². The van der Waals surface area contributed by atoms with Crippen molar-refractivity contribution in [1.29, 1.82) is 0 Å². The second-order valence-corrected chi connectivity index (χ2v) is 8.00. The minimum atomic E-state index is 0.537. The SMILES string of the molecule is CC(C)c1cccc2sc(N3CC4CN(C)CC4C3)nc12. The molecule has 1 aromatic carbocycles. The molecular formula is C17H23N3S. The van der Waals surface area contributed by atoms with E-state index in [0.717, 1.165) is 11.8 Å². The molecule has 4 heteroatoms. The summed E-state index contributed by atoms with van der Waals surface area (Å²) >= 11 is 1.87. The maximum Gasteiger partial charge on any atom is 0.186 e. The van der Waals surface area contributed by atoms with E-state index in [1.165, 1.54) is 47.1 Å². The molecule has 3 nitrogen and oxygen atoms in total. The number of hydrogen-bond acceptors (Lipinski definition) is 4. The highest BCUT2D eigenvalue weighted by Crippen LogP contribution is 2.38. The summed E-state index contributed by atoms with van der Waals surface area (Å²) < 4.78 is 1.34. The Balaban J connectivity index is 1.65. The molecule has 112 valence electrons. The smallest absolute Gasteiger partial charge is 0.186 e. The van der Waals surface area contributed by atoms with Gasteiger partial charge in [0.2, 0.25) is 0 Å². The lowest BCUT2D eigenvalue weighted by molar-refractivity contribution is 0.387. The van der Waals surface area contributed by atoms with Gasteiger partial charge >= 0.3 is 0 Å². The first-order valence-electron chi connectivity index (χ1n) is 7.94. The Bertz CT molecular complexity index is 649. The summed E-state index contributed by atoms with van der Waals surface area (Å²) in [5.41, 5.74) is 2.61. The molecule has 2 aromatic rings. The number of fused-ring (bicyclic) bond motifs is 2. The number of rotatable bonds is 2. The van der Waals surface area contributed by atoms with Crippen molar-refractivity contribution < 1.29 is 0 Å². The summed E-state index contributed by atoms with van der Waals surface area (Å²) in [5.74, 6) is 2.22. The van der Waals surface area contributed by atoms with Crippen LogP contribution in [-0.4, -0.2) is 43.1 Å². The van der Waals surface area contributed by atoms with Crippen LogP contribution in [-0.2, 0) is 0 Å². The van der Waals surface area contributed by atoms with Crippen molar-refractivity contribution in [2.24, 2.45) is 11.8 Å². The third-order valence-corrected chi connectivity index (χ3v) is 6.08. The molecule has 1 aromatic heterocycles. The van der Waals surface area contributed by atoms with Gasteiger partial charge in [0.25, 0.3) is 0 Å². The molecule has 0 bridgehead atoms. The van der Waals surface area contributed by atoms with Crippen molar-refractivity contribution in [2.75, 3.05) is 38.1 Å². The highest BCUT2D eigenvalue weighted by atomic mass is 32.1. The van der Waals surface area contributed by atoms with Crippen molar-refractivity contribution in [1.82, 2.24) is 9.88 Å². The van der Waals surface area contributed by atoms with Gasteiger partial charge in [0.15, 0.2) is 5.13 Å². The molecule has 0 spiro atoms. The van der Waals surface area contributed by atoms with Crippen molar-refractivity contribution in [3.63, 3.8) is 0 Å². The van der Waals surface area contributed by atoms with Crippen LogP contribution in [0.5, 0.6) is 0 Å². The maximum atomic E-state index is 4.99. The fourth-order valence-corrected chi connectivity index (χ4v) is 4.96. The number of nitrogens with zero attached hydrogens (tertiary/aromatic N) is 3. The molecule has 2 unspecified atom stereocenters. The van der Waals surface area contributed by atoms with E-state index in [-0.39, 0.29) is 0 Å². The fraction of sp³-hybridized carbons (Fsp3) is 0.588. The molecule has 0 radical (unpaired) electrons. The summed E-state index contributed by atoms with van der Waals surface area (Å²) in [7, 11) is 2.25. The van der Waals surface area contributed by atoms with E-state index in [0.29, 0.717) is 5.92 Å². The van der Waals surface area contributed by atoms with Gasteiger partial charge in [-0.2, -0.15) is 0 Å². The van der Waals surface area contributed by atoms with Crippen LogP contribution < -0.4 is 4.90 Å². The summed E-state index contributed by atoms with van der Waals surface area (Å²) in [6.07, 6.45) is 0. The summed E-state index contributed by atoms with van der Waals surface area (Å²) in [6.45, 7) is 9.39. The van der Waals surface area contributed by atoms with Crippen LogP contribution in [0, 0.1) is 11.8 Å². The minimum absolute atomic E-state index is 0.537. The molecular weight excluding hydrogens is 278 g/mol. The topological polar surface area (TPSA) is 19.4 Å². The molecule has 2 atom stereocenters. The number of para-hydroxylation sites is 1. The Morgan fingerprint density at radius 1 is 1.14 bits per heavy atom. The van der Waals surface area contributed by atoms with Crippen LogP contribution in [0.1, 0.15) is 25.3 Å². The van der Waals surface area contributed by atoms with Crippen molar-refractivity contribution >= 4 is 26.7 Å². The van der Waals surface area contributed by atoms with Crippen LogP contribution in [0.15, 0.2) is 18.2 Å². The summed E-state index contributed by atoms with van der Waals surface area (Å²) in [4.78, 5) is 9.99. The van der Waals surface area contributed by atoms with Crippen LogP contribution in [0.2, 0.25) is 0 Å². The van der Waals surface area contributed by atoms with Crippen molar-refractivity contribution in [3.05, 3.63) is 23.8 Å². The Kier molecular flexibility index (Phi) is 3.19. The molecule has 2 fully saturated rings. The molecule has 2 aliphatic heterocycles. The average Bonchev–Trinajstić information content (AvgIpc) is 3.08. The predicted molar refractivity (Wildman–Crippen MR) is 90.4 cm³/mol. The lowest BCUT2D eigenvalue weighted by Crippen LogP contribution is -2.26. The first kappa shape index (κ1) is 13.5. The zero-order chi connectivity index (χ0) is 14.6. The third-order valence-electron chi connectivity index (χ3n) is 5.00. The van der Waals surface area contributed by atoms with Gasteiger partial charge in [-0.05, 0) is 36.4 Å². The molecule has 2 saturated heterocycles. The fourth-order valence-electron chi connectivity index (χ4n) is 3.94.